The Labute approximate surface area is 156 Å². The molecule has 0 saturated heterocycles. The average molecular weight is 380 g/mol. The zero-order valence-electron chi connectivity index (χ0n) is 14.7. The van der Waals surface area contributed by atoms with E-state index in [1.54, 1.807) is 47.1 Å². The second-order valence-corrected chi connectivity index (χ2v) is 7.88. The van der Waals surface area contributed by atoms with Crippen LogP contribution in [0, 0.1) is 11.3 Å². The van der Waals surface area contributed by atoms with E-state index in [4.69, 9.17) is 5.26 Å². The lowest BCUT2D eigenvalue weighted by Crippen LogP contribution is -2.18. The number of nitrogens with zero attached hydrogens (tertiary/aromatic N) is 3. The van der Waals surface area contributed by atoms with Crippen molar-refractivity contribution >= 4 is 15.7 Å². The number of carbonyl (C=O) groups is 1. The van der Waals surface area contributed by atoms with Crippen LogP contribution in [0.5, 0.6) is 0 Å². The minimum absolute atomic E-state index is 0.210. The highest BCUT2D eigenvalue weighted by molar-refractivity contribution is 7.90. The summed E-state index contributed by atoms with van der Waals surface area (Å²) in [4.78, 5) is 12.2. The van der Waals surface area contributed by atoms with Gasteiger partial charge in [0.05, 0.1) is 27.9 Å². The van der Waals surface area contributed by atoms with Gasteiger partial charge in [0.25, 0.3) is 5.91 Å². The Balaban J connectivity index is 2.14. The van der Waals surface area contributed by atoms with Gasteiger partial charge in [-0.2, -0.15) is 10.4 Å². The number of rotatable bonds is 4. The van der Waals surface area contributed by atoms with Crippen molar-refractivity contribution < 1.29 is 13.2 Å². The first-order valence-corrected chi connectivity index (χ1v) is 9.86. The van der Waals surface area contributed by atoms with Crippen molar-refractivity contribution in [1.29, 1.82) is 5.26 Å². The summed E-state index contributed by atoms with van der Waals surface area (Å²) in [6.07, 6.45) is 1.15. The van der Waals surface area contributed by atoms with Crippen LogP contribution >= 0.6 is 0 Å². The molecule has 0 aliphatic rings. The number of nitrogens with one attached hydrogen (secondary N) is 1. The number of sulfone groups is 1. The normalized spacial score (nSPS) is 11.0. The number of nitriles is 1. The summed E-state index contributed by atoms with van der Waals surface area (Å²) < 4.78 is 24.9. The van der Waals surface area contributed by atoms with Gasteiger partial charge in [-0.1, -0.05) is 12.1 Å². The maximum Gasteiger partial charge on any atom is 0.271 e. The minimum atomic E-state index is -3.30. The third-order valence-corrected chi connectivity index (χ3v) is 5.12. The van der Waals surface area contributed by atoms with Crippen molar-refractivity contribution in [3.8, 4) is 23.0 Å². The van der Waals surface area contributed by atoms with E-state index in [9.17, 15) is 13.2 Å². The van der Waals surface area contributed by atoms with E-state index < -0.39 is 9.84 Å². The maximum atomic E-state index is 12.0. The monoisotopic (exact) mass is 380 g/mol. The first-order chi connectivity index (χ1) is 12.8. The predicted octanol–water partition coefficient (Wildman–Crippen LogP) is 2.17. The molecule has 2 aromatic carbocycles. The Morgan fingerprint density at radius 1 is 1.11 bits per heavy atom. The molecule has 1 heterocycles. The summed E-state index contributed by atoms with van der Waals surface area (Å²) in [6.45, 7) is 0. The Kier molecular flexibility index (Phi) is 4.79. The third kappa shape index (κ3) is 3.73. The van der Waals surface area contributed by atoms with Crippen LogP contribution in [0.1, 0.15) is 16.1 Å². The molecule has 0 atom stereocenters. The Morgan fingerprint density at radius 2 is 1.74 bits per heavy atom. The molecular weight excluding hydrogens is 364 g/mol. The van der Waals surface area contributed by atoms with Gasteiger partial charge >= 0.3 is 0 Å². The Bertz CT molecular complexity index is 1140. The lowest BCUT2D eigenvalue weighted by atomic mass is 10.1. The maximum absolute atomic E-state index is 12.0. The van der Waals surface area contributed by atoms with Gasteiger partial charge in [-0.15, -0.1) is 0 Å². The van der Waals surface area contributed by atoms with Gasteiger partial charge in [0, 0.05) is 18.9 Å². The van der Waals surface area contributed by atoms with E-state index >= 15 is 0 Å². The van der Waals surface area contributed by atoms with Gasteiger partial charge in [-0.05, 0) is 42.5 Å². The molecule has 3 aromatic rings. The zero-order valence-corrected chi connectivity index (χ0v) is 15.5. The number of hydrogen-bond donors (Lipinski definition) is 1. The molecule has 0 spiro atoms. The molecule has 7 nitrogen and oxygen atoms in total. The lowest BCUT2D eigenvalue weighted by molar-refractivity contribution is 0.0957. The highest BCUT2D eigenvalue weighted by atomic mass is 32.2. The van der Waals surface area contributed by atoms with Gasteiger partial charge < -0.3 is 5.32 Å². The molecule has 0 aliphatic carbocycles. The highest BCUT2D eigenvalue weighted by Gasteiger charge is 2.16. The van der Waals surface area contributed by atoms with Gasteiger partial charge in [0.1, 0.15) is 0 Å². The molecule has 136 valence electrons. The molecular formula is C19H16N4O3S. The third-order valence-electron chi connectivity index (χ3n) is 3.99. The van der Waals surface area contributed by atoms with Crippen LogP contribution in [-0.4, -0.2) is 37.4 Å². The molecule has 1 aromatic heterocycles. The largest absolute Gasteiger partial charge is 0.354 e. The molecule has 3 rings (SSSR count). The summed E-state index contributed by atoms with van der Waals surface area (Å²) in [5.41, 5.74) is 2.74. The van der Waals surface area contributed by atoms with Gasteiger partial charge in [0.15, 0.2) is 15.5 Å². The number of carbonyl (C=O) groups excluding carboxylic acids is 1. The van der Waals surface area contributed by atoms with Crippen LogP contribution < -0.4 is 5.32 Å². The summed E-state index contributed by atoms with van der Waals surface area (Å²) >= 11 is 0. The summed E-state index contributed by atoms with van der Waals surface area (Å²) in [5, 5.41) is 15.9. The molecule has 8 heteroatoms. The van der Waals surface area contributed by atoms with Crippen LogP contribution in [0.15, 0.2) is 59.5 Å². The van der Waals surface area contributed by atoms with E-state index in [0.29, 0.717) is 22.5 Å². The molecule has 27 heavy (non-hydrogen) atoms. The smallest absolute Gasteiger partial charge is 0.271 e. The fraction of sp³-hybridized carbons (Fsp3) is 0.105. The Hall–Kier alpha value is -3.44. The molecule has 1 amide bonds. The van der Waals surface area contributed by atoms with Crippen molar-refractivity contribution in [2.45, 2.75) is 4.90 Å². The van der Waals surface area contributed by atoms with Crippen molar-refractivity contribution in [2.24, 2.45) is 0 Å². The highest BCUT2D eigenvalue weighted by Crippen LogP contribution is 2.25. The topological polar surface area (TPSA) is 105 Å². The van der Waals surface area contributed by atoms with Crippen LogP contribution in [0.2, 0.25) is 0 Å². The number of amides is 1. The molecule has 0 radical (unpaired) electrons. The van der Waals surface area contributed by atoms with E-state index in [1.165, 1.54) is 19.2 Å². The first-order valence-electron chi connectivity index (χ1n) is 7.96. The zero-order chi connectivity index (χ0) is 19.6. The fourth-order valence-electron chi connectivity index (χ4n) is 2.57. The van der Waals surface area contributed by atoms with E-state index in [1.807, 2.05) is 0 Å². The van der Waals surface area contributed by atoms with Crippen molar-refractivity contribution in [3.05, 3.63) is 65.9 Å². The molecule has 0 aliphatic heterocycles. The number of benzene rings is 2. The van der Waals surface area contributed by atoms with E-state index in [2.05, 4.69) is 16.5 Å². The second kappa shape index (κ2) is 7.05. The van der Waals surface area contributed by atoms with E-state index in [0.717, 1.165) is 6.26 Å². The molecule has 0 unspecified atom stereocenters. The van der Waals surface area contributed by atoms with Crippen LogP contribution in [0.4, 0.5) is 0 Å². The molecule has 0 fully saturated rings. The van der Waals surface area contributed by atoms with Gasteiger partial charge in [0.2, 0.25) is 0 Å². The summed E-state index contributed by atoms with van der Waals surface area (Å²) in [5.74, 6) is -0.337. The minimum Gasteiger partial charge on any atom is -0.354 e. The van der Waals surface area contributed by atoms with Crippen molar-refractivity contribution in [1.82, 2.24) is 15.1 Å². The Morgan fingerprint density at radius 3 is 2.26 bits per heavy atom. The van der Waals surface area contributed by atoms with E-state index in [-0.39, 0.29) is 16.5 Å². The number of hydrogen-bond acceptors (Lipinski definition) is 5. The fourth-order valence-corrected chi connectivity index (χ4v) is 3.20. The molecule has 0 bridgehead atoms. The molecule has 0 saturated carbocycles. The average Bonchev–Trinajstić information content (AvgIpc) is 3.12. The second-order valence-electron chi connectivity index (χ2n) is 5.86. The van der Waals surface area contributed by atoms with Gasteiger partial charge in [-0.3, -0.25) is 4.79 Å². The number of aromatic nitrogens is 2. The van der Waals surface area contributed by atoms with Crippen molar-refractivity contribution in [3.63, 3.8) is 0 Å². The summed E-state index contributed by atoms with van der Waals surface area (Å²) in [7, 11) is -1.78. The lowest BCUT2D eigenvalue weighted by Gasteiger charge is -2.08. The summed E-state index contributed by atoms with van der Waals surface area (Å²) in [6, 6.07) is 16.8. The predicted molar refractivity (Wildman–Crippen MR) is 100 cm³/mol. The van der Waals surface area contributed by atoms with Crippen molar-refractivity contribution in [2.75, 3.05) is 13.3 Å². The SMILES string of the molecule is CNC(=O)c1cc(-c2ccc(S(C)(=O)=O)cc2)n(-c2ccc(C#N)cc2)n1. The first kappa shape index (κ1) is 18.4. The van der Waals surface area contributed by atoms with Crippen LogP contribution in [0.25, 0.3) is 16.9 Å². The van der Waals surface area contributed by atoms with Gasteiger partial charge in [-0.25, -0.2) is 13.1 Å². The van der Waals surface area contributed by atoms with Crippen LogP contribution in [0.3, 0.4) is 0 Å². The quantitative estimate of drug-likeness (QED) is 0.747. The standard InChI is InChI=1S/C19H16N4O3S/c1-21-19(24)17-11-18(14-5-9-16(10-6-14)27(2,25)26)23(22-17)15-7-3-13(12-20)4-8-15/h3-11H,1-2H3,(H,21,24). The molecule has 1 N–H and O–H groups in total. The van der Waals surface area contributed by atoms with Crippen LogP contribution in [-0.2, 0) is 9.84 Å².